The summed E-state index contributed by atoms with van der Waals surface area (Å²) < 4.78 is 5.22. The fraction of sp³-hybridized carbons (Fsp3) is 0.400. The lowest BCUT2D eigenvalue weighted by atomic mass is 10.1. The highest BCUT2D eigenvalue weighted by Crippen LogP contribution is 2.28. The molecule has 22 heavy (non-hydrogen) atoms. The van der Waals surface area contributed by atoms with Crippen LogP contribution >= 0.6 is 11.6 Å². The van der Waals surface area contributed by atoms with Gasteiger partial charge >= 0.3 is 0 Å². The number of alkyl halides is 1. The van der Waals surface area contributed by atoms with Gasteiger partial charge in [0.1, 0.15) is 5.75 Å². The zero-order valence-corrected chi connectivity index (χ0v) is 13.1. The van der Waals surface area contributed by atoms with Gasteiger partial charge in [-0.05, 0) is 31.5 Å². The number of hydrogen-bond acceptors (Lipinski definition) is 4. The van der Waals surface area contributed by atoms with Gasteiger partial charge in [-0.15, -0.1) is 11.6 Å². The number of benzene rings is 1. The van der Waals surface area contributed by atoms with E-state index in [9.17, 15) is 14.4 Å². The second-order valence-electron chi connectivity index (χ2n) is 5.02. The molecule has 0 bridgehead atoms. The molecule has 2 amide bonds. The van der Waals surface area contributed by atoms with Crippen molar-refractivity contribution in [2.45, 2.75) is 31.7 Å². The Morgan fingerprint density at radius 3 is 2.86 bits per heavy atom. The van der Waals surface area contributed by atoms with Crippen LogP contribution < -0.4 is 15.4 Å². The number of ketones is 1. The summed E-state index contributed by atoms with van der Waals surface area (Å²) in [4.78, 5) is 35.4. The molecule has 2 unspecified atom stereocenters. The van der Waals surface area contributed by atoms with E-state index in [1.54, 1.807) is 26.0 Å². The molecular formula is C15H17ClN2O4. The van der Waals surface area contributed by atoms with E-state index in [-0.39, 0.29) is 18.3 Å². The van der Waals surface area contributed by atoms with Crippen LogP contribution in [-0.4, -0.2) is 35.6 Å². The van der Waals surface area contributed by atoms with Crippen molar-refractivity contribution in [3.63, 3.8) is 0 Å². The average molecular weight is 325 g/mol. The molecule has 1 aliphatic rings. The van der Waals surface area contributed by atoms with Crippen molar-refractivity contribution in [3.8, 4) is 5.75 Å². The van der Waals surface area contributed by atoms with Gasteiger partial charge in [-0.1, -0.05) is 6.92 Å². The number of rotatable bonds is 5. The Labute approximate surface area is 133 Å². The fourth-order valence-electron chi connectivity index (χ4n) is 2.05. The number of ether oxygens (including phenoxy) is 1. The molecule has 0 saturated carbocycles. The summed E-state index contributed by atoms with van der Waals surface area (Å²) in [5.74, 6) is -0.413. The van der Waals surface area contributed by atoms with Gasteiger partial charge in [0.2, 0.25) is 0 Å². The van der Waals surface area contributed by atoms with Crippen LogP contribution in [0.3, 0.4) is 0 Å². The second kappa shape index (κ2) is 6.79. The lowest BCUT2D eigenvalue weighted by Gasteiger charge is -2.19. The number of amides is 2. The predicted molar refractivity (Wildman–Crippen MR) is 82.4 cm³/mol. The fourth-order valence-corrected chi connectivity index (χ4v) is 2.24. The summed E-state index contributed by atoms with van der Waals surface area (Å²) in [7, 11) is 0. The monoisotopic (exact) mass is 324 g/mol. The Bertz CT molecular complexity index is 618. The SMILES string of the molecule is CCC(Cl)C(=O)C(C)NC(=O)c1ccc2c(c1)NC(=O)CO2. The molecular weight excluding hydrogens is 308 g/mol. The van der Waals surface area contributed by atoms with E-state index < -0.39 is 17.3 Å². The maximum Gasteiger partial charge on any atom is 0.262 e. The summed E-state index contributed by atoms with van der Waals surface area (Å²) in [6, 6.07) is 4.00. The van der Waals surface area contributed by atoms with Crippen molar-refractivity contribution in [1.29, 1.82) is 0 Å². The Balaban J connectivity index is 2.08. The van der Waals surface area contributed by atoms with E-state index in [1.807, 2.05) is 0 Å². The van der Waals surface area contributed by atoms with Gasteiger partial charge in [0, 0.05) is 5.56 Å². The van der Waals surface area contributed by atoms with E-state index in [1.165, 1.54) is 6.07 Å². The van der Waals surface area contributed by atoms with Gasteiger partial charge in [-0.2, -0.15) is 0 Å². The van der Waals surface area contributed by atoms with E-state index in [0.29, 0.717) is 23.4 Å². The van der Waals surface area contributed by atoms with Crippen molar-refractivity contribution in [3.05, 3.63) is 23.8 Å². The van der Waals surface area contributed by atoms with Gasteiger partial charge in [-0.25, -0.2) is 0 Å². The van der Waals surface area contributed by atoms with Crippen LogP contribution in [0.5, 0.6) is 5.75 Å². The summed E-state index contributed by atoms with van der Waals surface area (Å²) in [5.41, 5.74) is 0.762. The van der Waals surface area contributed by atoms with Crippen LogP contribution in [-0.2, 0) is 9.59 Å². The highest BCUT2D eigenvalue weighted by atomic mass is 35.5. The van der Waals surface area contributed by atoms with Crippen LogP contribution in [0, 0.1) is 0 Å². The van der Waals surface area contributed by atoms with Crippen molar-refractivity contribution < 1.29 is 19.1 Å². The van der Waals surface area contributed by atoms with Crippen molar-refractivity contribution in [1.82, 2.24) is 5.32 Å². The van der Waals surface area contributed by atoms with E-state index in [0.717, 1.165) is 0 Å². The second-order valence-corrected chi connectivity index (χ2v) is 5.55. The molecule has 7 heteroatoms. The Morgan fingerprint density at radius 1 is 1.45 bits per heavy atom. The Hall–Kier alpha value is -2.08. The van der Waals surface area contributed by atoms with Gasteiger partial charge in [0.05, 0.1) is 17.1 Å². The van der Waals surface area contributed by atoms with Gasteiger partial charge in [0.25, 0.3) is 11.8 Å². The number of Topliss-reactive ketones (excluding diaryl/α,β-unsaturated/α-hetero) is 1. The topological polar surface area (TPSA) is 84.5 Å². The molecule has 1 aromatic carbocycles. The van der Waals surface area contributed by atoms with E-state index in [4.69, 9.17) is 16.3 Å². The predicted octanol–water partition coefficient (Wildman–Crippen LogP) is 1.72. The molecule has 1 aliphatic heterocycles. The number of fused-ring (bicyclic) bond motifs is 1. The summed E-state index contributed by atoms with van der Waals surface area (Å²) >= 11 is 5.89. The first-order valence-electron chi connectivity index (χ1n) is 6.97. The molecule has 1 heterocycles. The van der Waals surface area contributed by atoms with Crippen molar-refractivity contribution in [2.75, 3.05) is 11.9 Å². The number of halogens is 1. The molecule has 0 fully saturated rings. The van der Waals surface area contributed by atoms with Crippen molar-refractivity contribution in [2.24, 2.45) is 0 Å². The Kier molecular flexibility index (Phi) is 5.03. The maximum atomic E-state index is 12.2. The first-order valence-corrected chi connectivity index (χ1v) is 7.41. The zero-order chi connectivity index (χ0) is 16.3. The number of carbonyl (C=O) groups excluding carboxylic acids is 3. The summed E-state index contributed by atoms with van der Waals surface area (Å²) in [6.45, 7) is 3.35. The van der Waals surface area contributed by atoms with E-state index >= 15 is 0 Å². The van der Waals surface area contributed by atoms with Crippen molar-refractivity contribution >= 4 is 34.9 Å². The smallest absolute Gasteiger partial charge is 0.262 e. The third-order valence-corrected chi connectivity index (χ3v) is 3.84. The third-order valence-electron chi connectivity index (χ3n) is 3.32. The highest BCUT2D eigenvalue weighted by Gasteiger charge is 2.23. The van der Waals surface area contributed by atoms with Crippen LogP contribution in [0.1, 0.15) is 30.6 Å². The summed E-state index contributed by atoms with van der Waals surface area (Å²) in [6.07, 6.45) is 0.503. The molecule has 0 aromatic heterocycles. The summed E-state index contributed by atoms with van der Waals surface area (Å²) in [5, 5.41) is 4.61. The maximum absolute atomic E-state index is 12.2. The first-order chi connectivity index (χ1) is 10.4. The molecule has 2 atom stereocenters. The minimum atomic E-state index is -0.683. The van der Waals surface area contributed by atoms with Gasteiger partial charge in [0.15, 0.2) is 12.4 Å². The van der Waals surface area contributed by atoms with Crippen LogP contribution in [0.2, 0.25) is 0 Å². The normalized spacial score (nSPS) is 15.9. The molecule has 118 valence electrons. The zero-order valence-electron chi connectivity index (χ0n) is 12.3. The number of anilines is 1. The molecule has 2 rings (SSSR count). The first kappa shape index (κ1) is 16.3. The third kappa shape index (κ3) is 3.57. The minimum Gasteiger partial charge on any atom is -0.482 e. The van der Waals surface area contributed by atoms with Gasteiger partial charge < -0.3 is 15.4 Å². The Morgan fingerprint density at radius 2 is 2.18 bits per heavy atom. The number of nitrogens with one attached hydrogen (secondary N) is 2. The lowest BCUT2D eigenvalue weighted by Crippen LogP contribution is -2.41. The lowest BCUT2D eigenvalue weighted by molar-refractivity contribution is -0.120. The molecule has 6 nitrogen and oxygen atoms in total. The standard InChI is InChI=1S/C15H17ClN2O4/c1-3-10(16)14(20)8(2)17-15(21)9-4-5-12-11(6-9)18-13(19)7-22-12/h4-6,8,10H,3,7H2,1-2H3,(H,17,21)(H,18,19). The van der Waals surface area contributed by atoms with Crippen LogP contribution in [0.25, 0.3) is 0 Å². The molecule has 0 aliphatic carbocycles. The van der Waals surface area contributed by atoms with Crippen LogP contribution in [0.4, 0.5) is 5.69 Å². The average Bonchev–Trinajstić information content (AvgIpc) is 2.52. The quantitative estimate of drug-likeness (QED) is 0.808. The minimum absolute atomic E-state index is 0.0434. The molecule has 0 radical (unpaired) electrons. The van der Waals surface area contributed by atoms with Crippen LogP contribution in [0.15, 0.2) is 18.2 Å². The number of hydrogen-bond donors (Lipinski definition) is 2. The highest BCUT2D eigenvalue weighted by molar-refractivity contribution is 6.32. The van der Waals surface area contributed by atoms with Gasteiger partial charge in [-0.3, -0.25) is 14.4 Å². The molecule has 2 N–H and O–H groups in total. The molecule has 0 spiro atoms. The largest absolute Gasteiger partial charge is 0.482 e. The molecule has 1 aromatic rings. The van der Waals surface area contributed by atoms with E-state index in [2.05, 4.69) is 10.6 Å². The molecule has 0 saturated heterocycles. The number of carbonyl (C=O) groups is 3.